The molecule has 0 fully saturated rings. The van der Waals surface area contributed by atoms with Crippen LogP contribution in [0.3, 0.4) is 0 Å². The summed E-state index contributed by atoms with van der Waals surface area (Å²) in [5, 5.41) is 3.94. The van der Waals surface area contributed by atoms with E-state index in [1.165, 1.54) is 15.3 Å². The molecule has 0 saturated carbocycles. The molecule has 1 aromatic heterocycles. The summed E-state index contributed by atoms with van der Waals surface area (Å²) in [6.07, 6.45) is 0. The molecule has 0 spiro atoms. The lowest BCUT2D eigenvalue weighted by Crippen LogP contribution is -2.21. The van der Waals surface area contributed by atoms with Crippen molar-refractivity contribution < 1.29 is 4.79 Å². The number of hydrogen-bond acceptors (Lipinski definition) is 3. The Bertz CT molecular complexity index is 664. The number of benzene rings is 1. The zero-order valence-corrected chi connectivity index (χ0v) is 14.2. The van der Waals surface area contributed by atoms with Crippen molar-refractivity contribution in [3.63, 3.8) is 0 Å². The molecule has 0 atom stereocenters. The molecule has 0 aliphatic carbocycles. The summed E-state index contributed by atoms with van der Waals surface area (Å²) in [6.45, 7) is 4.92. The number of carbonyl (C=O) groups excluding carboxylic acids is 1. The van der Waals surface area contributed by atoms with E-state index in [0.29, 0.717) is 17.1 Å². The summed E-state index contributed by atoms with van der Waals surface area (Å²) in [5.41, 5.74) is 2.68. The van der Waals surface area contributed by atoms with Gasteiger partial charge in [0.05, 0.1) is 10.7 Å². The Kier molecular flexibility index (Phi) is 4.91. The maximum Gasteiger partial charge on any atom is 0.253 e. The van der Waals surface area contributed by atoms with Crippen molar-refractivity contribution in [1.29, 1.82) is 0 Å². The highest BCUT2D eigenvalue weighted by molar-refractivity contribution is 7.12. The number of halogens is 1. The third kappa shape index (κ3) is 3.77. The molecule has 112 valence electrons. The molecule has 1 heterocycles. The van der Waals surface area contributed by atoms with Gasteiger partial charge in [-0.2, -0.15) is 0 Å². The molecule has 3 nitrogen and oxygen atoms in total. The maximum atomic E-state index is 12.0. The van der Waals surface area contributed by atoms with Gasteiger partial charge in [-0.3, -0.25) is 4.79 Å². The zero-order chi connectivity index (χ0) is 15.6. The van der Waals surface area contributed by atoms with Crippen LogP contribution in [0.2, 0.25) is 5.02 Å². The lowest BCUT2D eigenvalue weighted by Gasteiger charge is -2.13. The number of hydrogen-bond donors (Lipinski definition) is 1. The van der Waals surface area contributed by atoms with Gasteiger partial charge in [-0.15, -0.1) is 11.3 Å². The molecule has 0 unspecified atom stereocenters. The van der Waals surface area contributed by atoms with Crippen LogP contribution >= 0.6 is 22.9 Å². The van der Waals surface area contributed by atoms with Crippen molar-refractivity contribution in [3.05, 3.63) is 50.2 Å². The zero-order valence-electron chi connectivity index (χ0n) is 12.7. The van der Waals surface area contributed by atoms with Gasteiger partial charge >= 0.3 is 0 Å². The molecule has 0 radical (unpaired) electrons. The maximum absolute atomic E-state index is 12.0. The minimum absolute atomic E-state index is 0.0303. The average Bonchev–Trinajstić information content (AvgIpc) is 2.75. The van der Waals surface area contributed by atoms with Crippen molar-refractivity contribution in [2.75, 3.05) is 19.4 Å². The summed E-state index contributed by atoms with van der Waals surface area (Å²) < 4.78 is 0. The highest BCUT2D eigenvalue weighted by Gasteiger charge is 2.11. The normalized spacial score (nSPS) is 10.5. The number of anilines is 1. The van der Waals surface area contributed by atoms with Crippen molar-refractivity contribution >= 4 is 34.5 Å². The third-order valence-corrected chi connectivity index (χ3v) is 4.57. The van der Waals surface area contributed by atoms with Gasteiger partial charge in [0.2, 0.25) is 0 Å². The van der Waals surface area contributed by atoms with E-state index >= 15 is 0 Å². The topological polar surface area (TPSA) is 32.3 Å². The Hall–Kier alpha value is -1.52. The minimum atomic E-state index is -0.0303. The number of carbonyl (C=O) groups is 1. The lowest BCUT2D eigenvalue weighted by molar-refractivity contribution is 0.0827. The number of thiophene rings is 1. The van der Waals surface area contributed by atoms with E-state index in [1.54, 1.807) is 48.5 Å². The van der Waals surface area contributed by atoms with Crippen molar-refractivity contribution in [3.8, 4) is 0 Å². The van der Waals surface area contributed by atoms with Crippen LogP contribution in [0.5, 0.6) is 0 Å². The summed E-state index contributed by atoms with van der Waals surface area (Å²) in [7, 11) is 3.48. The summed E-state index contributed by atoms with van der Waals surface area (Å²) in [5.74, 6) is -0.0303. The first-order valence-corrected chi connectivity index (χ1v) is 7.89. The predicted molar refractivity (Wildman–Crippen MR) is 90.6 cm³/mol. The van der Waals surface area contributed by atoms with Gasteiger partial charge in [0.25, 0.3) is 5.91 Å². The quantitative estimate of drug-likeness (QED) is 0.908. The second-order valence-corrected chi connectivity index (χ2v) is 7.05. The van der Waals surface area contributed by atoms with Gasteiger partial charge in [0, 0.05) is 36.0 Å². The Labute approximate surface area is 134 Å². The van der Waals surface area contributed by atoms with E-state index in [0.717, 1.165) is 5.69 Å². The second-order valence-electron chi connectivity index (χ2n) is 5.19. The van der Waals surface area contributed by atoms with Crippen LogP contribution < -0.4 is 5.32 Å². The monoisotopic (exact) mass is 322 g/mol. The van der Waals surface area contributed by atoms with Crippen LogP contribution in [-0.2, 0) is 6.54 Å². The molecule has 1 N–H and O–H groups in total. The fourth-order valence-corrected chi connectivity index (χ4v) is 3.23. The second kappa shape index (κ2) is 6.50. The van der Waals surface area contributed by atoms with Gasteiger partial charge in [0.1, 0.15) is 0 Å². The first kappa shape index (κ1) is 15.9. The molecular weight excluding hydrogens is 304 g/mol. The molecule has 5 heteroatoms. The molecule has 0 saturated heterocycles. The number of amides is 1. The fraction of sp³-hybridized carbons (Fsp3) is 0.312. The highest BCUT2D eigenvalue weighted by Crippen LogP contribution is 2.26. The molecule has 0 aliphatic rings. The lowest BCUT2D eigenvalue weighted by atomic mass is 10.1. The Morgan fingerprint density at radius 1 is 1.29 bits per heavy atom. The Morgan fingerprint density at radius 3 is 2.57 bits per heavy atom. The standard InChI is InChI=1S/C16H19ClN2OS/c1-10-7-13(11(2)21-10)9-18-15-8-12(5-6-14(15)17)16(20)19(3)4/h5-8,18H,9H2,1-4H3. The Balaban J connectivity index is 2.18. The first-order chi connectivity index (χ1) is 9.88. The minimum Gasteiger partial charge on any atom is -0.380 e. The van der Waals surface area contributed by atoms with Crippen LogP contribution in [0.15, 0.2) is 24.3 Å². The van der Waals surface area contributed by atoms with E-state index in [1.807, 2.05) is 0 Å². The largest absolute Gasteiger partial charge is 0.380 e. The molecule has 2 aromatic rings. The van der Waals surface area contributed by atoms with Crippen LogP contribution in [0, 0.1) is 13.8 Å². The molecule has 2 rings (SSSR count). The highest BCUT2D eigenvalue weighted by atomic mass is 35.5. The molecular formula is C16H19ClN2OS. The number of aryl methyl sites for hydroxylation is 2. The van der Waals surface area contributed by atoms with E-state index in [2.05, 4.69) is 25.2 Å². The van der Waals surface area contributed by atoms with Gasteiger partial charge in [-0.25, -0.2) is 0 Å². The summed E-state index contributed by atoms with van der Waals surface area (Å²) in [6, 6.07) is 7.48. The van der Waals surface area contributed by atoms with Gasteiger partial charge in [-0.05, 0) is 43.7 Å². The van der Waals surface area contributed by atoms with Crippen molar-refractivity contribution in [2.24, 2.45) is 0 Å². The van der Waals surface area contributed by atoms with Crippen LogP contribution in [-0.4, -0.2) is 24.9 Å². The molecule has 21 heavy (non-hydrogen) atoms. The van der Waals surface area contributed by atoms with Crippen LogP contribution in [0.1, 0.15) is 25.7 Å². The third-order valence-electron chi connectivity index (χ3n) is 3.23. The Morgan fingerprint density at radius 2 is 2.00 bits per heavy atom. The number of nitrogens with zero attached hydrogens (tertiary/aromatic N) is 1. The van der Waals surface area contributed by atoms with Crippen molar-refractivity contribution in [1.82, 2.24) is 4.90 Å². The molecule has 1 amide bonds. The summed E-state index contributed by atoms with van der Waals surface area (Å²) >= 11 is 7.99. The van der Waals surface area contributed by atoms with E-state index < -0.39 is 0 Å². The van der Waals surface area contributed by atoms with Gasteiger partial charge in [0.15, 0.2) is 0 Å². The fourth-order valence-electron chi connectivity index (χ4n) is 2.10. The average molecular weight is 323 g/mol. The SMILES string of the molecule is Cc1cc(CNc2cc(C(=O)N(C)C)ccc2Cl)c(C)s1. The molecule has 1 aromatic carbocycles. The molecule has 0 aliphatic heterocycles. The van der Waals surface area contributed by atoms with Crippen molar-refractivity contribution in [2.45, 2.75) is 20.4 Å². The van der Waals surface area contributed by atoms with Crippen LogP contribution in [0.25, 0.3) is 0 Å². The number of nitrogens with one attached hydrogen (secondary N) is 1. The van der Waals surface area contributed by atoms with Gasteiger partial charge in [-0.1, -0.05) is 11.6 Å². The van der Waals surface area contributed by atoms with E-state index in [-0.39, 0.29) is 5.91 Å². The smallest absolute Gasteiger partial charge is 0.253 e. The number of rotatable bonds is 4. The predicted octanol–water partition coefficient (Wildman–Crippen LogP) is 4.33. The van der Waals surface area contributed by atoms with Crippen LogP contribution in [0.4, 0.5) is 5.69 Å². The first-order valence-electron chi connectivity index (χ1n) is 6.69. The summed E-state index contributed by atoms with van der Waals surface area (Å²) in [4.78, 5) is 16.2. The van der Waals surface area contributed by atoms with E-state index in [4.69, 9.17) is 11.6 Å². The van der Waals surface area contributed by atoms with Gasteiger partial charge < -0.3 is 10.2 Å². The van der Waals surface area contributed by atoms with E-state index in [9.17, 15) is 4.79 Å². The molecule has 0 bridgehead atoms.